The van der Waals surface area contributed by atoms with Gasteiger partial charge in [0.1, 0.15) is 0 Å². The van der Waals surface area contributed by atoms with Gasteiger partial charge in [-0.25, -0.2) is 0 Å². The van der Waals surface area contributed by atoms with Crippen molar-refractivity contribution in [3.05, 3.63) is 11.0 Å². The molecule has 0 amide bonds. The first kappa shape index (κ1) is 12.9. The van der Waals surface area contributed by atoms with E-state index in [0.717, 1.165) is 0 Å². The molecule has 0 aromatic carbocycles. The summed E-state index contributed by atoms with van der Waals surface area (Å²) in [4.78, 5) is 0. The van der Waals surface area contributed by atoms with Crippen molar-refractivity contribution in [3.8, 4) is 0 Å². The van der Waals surface area contributed by atoms with Gasteiger partial charge in [-0.1, -0.05) is 47.1 Å². The van der Waals surface area contributed by atoms with E-state index in [2.05, 4.69) is 41.5 Å². The third kappa shape index (κ3) is 4.61. The molecule has 2 heteroatoms. The molecule has 0 unspecified atom stereocenters. The van der Waals surface area contributed by atoms with E-state index in [0.29, 0.717) is 0 Å². The van der Waals surface area contributed by atoms with Crippen LogP contribution in [-0.2, 0) is 10.8 Å². The highest BCUT2D eigenvalue weighted by atomic mass is 32.2. The molecule has 0 saturated carbocycles. The minimum Gasteiger partial charge on any atom is -0.255 e. The van der Waals surface area contributed by atoms with Crippen LogP contribution in [0.2, 0.25) is 0 Å². The second-order valence-electron chi connectivity index (χ2n) is 5.53. The van der Waals surface area contributed by atoms with Crippen molar-refractivity contribution < 1.29 is 4.21 Å². The first-order valence-corrected chi connectivity index (χ1v) is 6.22. The van der Waals surface area contributed by atoms with Crippen molar-refractivity contribution in [2.75, 3.05) is 6.26 Å². The van der Waals surface area contributed by atoms with Crippen LogP contribution in [0.5, 0.6) is 0 Å². The van der Waals surface area contributed by atoms with Gasteiger partial charge in [0.2, 0.25) is 0 Å². The lowest BCUT2D eigenvalue weighted by Gasteiger charge is -2.33. The first-order chi connectivity index (χ1) is 5.55. The summed E-state index contributed by atoms with van der Waals surface area (Å²) in [5, 5.41) is 1.89. The van der Waals surface area contributed by atoms with Gasteiger partial charge in [0.05, 0.1) is 0 Å². The largest absolute Gasteiger partial charge is 0.255 e. The Kier molecular flexibility index (Phi) is 3.92. The molecule has 1 atom stereocenters. The van der Waals surface area contributed by atoms with Gasteiger partial charge in [0, 0.05) is 22.5 Å². The van der Waals surface area contributed by atoms with Crippen molar-refractivity contribution in [1.82, 2.24) is 0 Å². The fourth-order valence-electron chi connectivity index (χ4n) is 1.64. The third-order valence-corrected chi connectivity index (χ3v) is 2.47. The monoisotopic (exact) mass is 202 g/mol. The van der Waals surface area contributed by atoms with E-state index in [9.17, 15) is 4.21 Å². The quantitative estimate of drug-likeness (QED) is 0.637. The fourth-order valence-corrected chi connectivity index (χ4v) is 2.68. The summed E-state index contributed by atoms with van der Waals surface area (Å²) in [6, 6.07) is 0. The van der Waals surface area contributed by atoms with Crippen LogP contribution in [0, 0.1) is 10.8 Å². The minimum atomic E-state index is -0.851. The van der Waals surface area contributed by atoms with Gasteiger partial charge in [0.15, 0.2) is 0 Å². The summed E-state index contributed by atoms with van der Waals surface area (Å²) in [7, 11) is -0.851. The van der Waals surface area contributed by atoms with Gasteiger partial charge >= 0.3 is 0 Å². The Morgan fingerprint density at radius 2 is 1.31 bits per heavy atom. The van der Waals surface area contributed by atoms with E-state index in [1.807, 2.05) is 5.41 Å². The predicted octanol–water partition coefficient (Wildman–Crippen LogP) is 3.34. The van der Waals surface area contributed by atoms with Crippen LogP contribution in [0.25, 0.3) is 0 Å². The lowest BCUT2D eigenvalue weighted by atomic mass is 9.73. The highest BCUT2D eigenvalue weighted by molar-refractivity contribution is 7.87. The van der Waals surface area contributed by atoms with E-state index >= 15 is 0 Å². The van der Waals surface area contributed by atoms with Crippen molar-refractivity contribution in [1.29, 1.82) is 0 Å². The van der Waals surface area contributed by atoms with Crippen molar-refractivity contribution >= 4 is 10.8 Å². The number of hydrogen-bond acceptors (Lipinski definition) is 1. The highest BCUT2D eigenvalue weighted by Crippen LogP contribution is 2.39. The average molecular weight is 202 g/mol. The number of hydrogen-bond donors (Lipinski definition) is 0. The molecule has 1 nitrogen and oxygen atoms in total. The van der Waals surface area contributed by atoms with Crippen molar-refractivity contribution in [2.45, 2.75) is 41.5 Å². The van der Waals surface area contributed by atoms with Gasteiger partial charge in [-0.3, -0.25) is 4.21 Å². The summed E-state index contributed by atoms with van der Waals surface area (Å²) in [6.07, 6.45) is 1.72. The fraction of sp³-hybridized carbons (Fsp3) is 0.818. The van der Waals surface area contributed by atoms with E-state index < -0.39 is 10.8 Å². The van der Waals surface area contributed by atoms with Crippen LogP contribution in [0.3, 0.4) is 0 Å². The predicted molar refractivity (Wildman–Crippen MR) is 61.1 cm³/mol. The van der Waals surface area contributed by atoms with Crippen molar-refractivity contribution in [3.63, 3.8) is 0 Å². The molecule has 0 heterocycles. The average Bonchev–Trinajstić information content (AvgIpc) is 1.77. The topological polar surface area (TPSA) is 17.1 Å². The van der Waals surface area contributed by atoms with Gasteiger partial charge in [-0.15, -0.1) is 0 Å². The summed E-state index contributed by atoms with van der Waals surface area (Å²) >= 11 is 0. The molecule has 0 aromatic heterocycles. The zero-order valence-electron chi connectivity index (χ0n) is 9.89. The maximum Gasteiger partial charge on any atom is 0.0424 e. The van der Waals surface area contributed by atoms with Gasteiger partial charge in [-0.05, 0) is 10.8 Å². The van der Waals surface area contributed by atoms with Crippen LogP contribution in [0.4, 0.5) is 0 Å². The van der Waals surface area contributed by atoms with Crippen LogP contribution in [0.1, 0.15) is 41.5 Å². The van der Waals surface area contributed by atoms with E-state index in [4.69, 9.17) is 0 Å². The first-order valence-electron chi connectivity index (χ1n) is 4.60. The molecule has 0 saturated heterocycles. The molecule has 0 N–H and O–H groups in total. The van der Waals surface area contributed by atoms with E-state index in [1.54, 1.807) is 6.26 Å². The van der Waals surface area contributed by atoms with Gasteiger partial charge < -0.3 is 0 Å². The molecule has 0 bridgehead atoms. The molecule has 0 aliphatic rings. The highest BCUT2D eigenvalue weighted by Gasteiger charge is 2.27. The molecule has 0 spiro atoms. The summed E-state index contributed by atoms with van der Waals surface area (Å²) in [6.45, 7) is 13.0. The molecule has 0 rings (SSSR count). The lowest BCUT2D eigenvalue weighted by Crippen LogP contribution is -2.22. The Bertz CT molecular complexity index is 209. The summed E-state index contributed by atoms with van der Waals surface area (Å²) in [5.74, 6) is 0. The van der Waals surface area contributed by atoms with E-state index in [1.165, 1.54) is 5.57 Å². The summed E-state index contributed by atoms with van der Waals surface area (Å²) in [5.41, 5.74) is 1.47. The normalized spacial score (nSPS) is 15.3. The standard InChI is InChI=1S/C11H22OS/c1-10(2,3)9(8-13(7)12)11(4,5)6/h8H,1-7H3/t13-/m0/s1. The number of rotatable bonds is 1. The zero-order valence-corrected chi connectivity index (χ0v) is 10.7. The molecule has 0 aliphatic heterocycles. The van der Waals surface area contributed by atoms with Crippen LogP contribution in [0.15, 0.2) is 11.0 Å². The van der Waals surface area contributed by atoms with Gasteiger partial charge in [0.25, 0.3) is 0 Å². The minimum absolute atomic E-state index is 0.101. The SMILES string of the molecule is C[S@](=O)C=C(C(C)(C)C)C(C)(C)C. The van der Waals surface area contributed by atoms with Crippen molar-refractivity contribution in [2.24, 2.45) is 10.8 Å². The molecule has 0 aliphatic carbocycles. The van der Waals surface area contributed by atoms with Crippen LogP contribution in [-0.4, -0.2) is 10.5 Å². The molecular formula is C11H22OS. The molecule has 0 radical (unpaired) electrons. The third-order valence-electron chi connectivity index (χ3n) is 1.90. The maximum atomic E-state index is 11.2. The molecular weight excluding hydrogens is 180 g/mol. The summed E-state index contributed by atoms with van der Waals surface area (Å²) < 4.78 is 11.2. The van der Waals surface area contributed by atoms with E-state index in [-0.39, 0.29) is 10.8 Å². The second-order valence-corrected chi connectivity index (χ2v) is 6.76. The Labute approximate surface area is 85.1 Å². The molecule has 0 aromatic rings. The smallest absolute Gasteiger partial charge is 0.0424 e. The zero-order chi connectivity index (χ0) is 10.9. The number of allylic oxidation sites excluding steroid dienone is 1. The molecule has 78 valence electrons. The Morgan fingerprint density at radius 1 is 1.00 bits per heavy atom. The second kappa shape index (κ2) is 3.95. The van der Waals surface area contributed by atoms with Crippen LogP contribution >= 0.6 is 0 Å². The Morgan fingerprint density at radius 3 is 1.38 bits per heavy atom. The van der Waals surface area contributed by atoms with Crippen LogP contribution < -0.4 is 0 Å². The molecule has 13 heavy (non-hydrogen) atoms. The Balaban J connectivity index is 5.13. The molecule has 0 fully saturated rings. The lowest BCUT2D eigenvalue weighted by molar-refractivity contribution is 0.363. The Hall–Kier alpha value is -0.110. The van der Waals surface area contributed by atoms with Gasteiger partial charge in [-0.2, -0.15) is 0 Å². The maximum absolute atomic E-state index is 11.2.